The summed E-state index contributed by atoms with van der Waals surface area (Å²) in [6.07, 6.45) is 3.35. The number of amides is 3. The first-order valence-electron chi connectivity index (χ1n) is 10.2. The summed E-state index contributed by atoms with van der Waals surface area (Å²) >= 11 is 0. The molecular weight excluding hydrogens is 366 g/mol. The Morgan fingerprint density at radius 2 is 1.55 bits per heavy atom. The molecule has 6 heteroatoms. The van der Waals surface area contributed by atoms with Gasteiger partial charge in [-0.25, -0.2) is 4.79 Å². The third-order valence-corrected chi connectivity index (χ3v) is 5.79. The van der Waals surface area contributed by atoms with E-state index < -0.39 is 5.60 Å². The van der Waals surface area contributed by atoms with Gasteiger partial charge >= 0.3 is 6.03 Å². The number of nitrogens with zero attached hydrogens (tertiary/aromatic N) is 2. The molecule has 0 spiro atoms. The van der Waals surface area contributed by atoms with Crippen LogP contribution in [-0.4, -0.2) is 53.0 Å². The second kappa shape index (κ2) is 8.25. The fourth-order valence-corrected chi connectivity index (χ4v) is 3.99. The van der Waals surface area contributed by atoms with Crippen molar-refractivity contribution in [3.05, 3.63) is 71.3 Å². The predicted octanol–water partition coefficient (Wildman–Crippen LogP) is 2.73. The van der Waals surface area contributed by atoms with E-state index in [4.69, 9.17) is 0 Å². The van der Waals surface area contributed by atoms with Crippen molar-refractivity contribution >= 4 is 11.9 Å². The van der Waals surface area contributed by atoms with Crippen molar-refractivity contribution < 1.29 is 14.7 Å². The lowest BCUT2D eigenvalue weighted by Gasteiger charge is -2.46. The average molecular weight is 393 g/mol. The second-order valence-corrected chi connectivity index (χ2v) is 7.96. The maximum Gasteiger partial charge on any atom is 0.317 e. The minimum Gasteiger partial charge on any atom is -0.381 e. The zero-order valence-electron chi connectivity index (χ0n) is 16.5. The molecule has 0 atom stereocenters. The maximum absolute atomic E-state index is 12.5. The van der Waals surface area contributed by atoms with Crippen LogP contribution in [0.1, 0.15) is 40.7 Å². The number of rotatable bonds is 4. The van der Waals surface area contributed by atoms with Crippen molar-refractivity contribution in [1.82, 2.24) is 15.1 Å². The van der Waals surface area contributed by atoms with Crippen molar-refractivity contribution in [3.63, 3.8) is 0 Å². The van der Waals surface area contributed by atoms with Crippen molar-refractivity contribution in [1.29, 1.82) is 0 Å². The van der Waals surface area contributed by atoms with Gasteiger partial charge in [0.1, 0.15) is 5.60 Å². The van der Waals surface area contributed by atoms with Gasteiger partial charge in [0.15, 0.2) is 0 Å². The fourth-order valence-electron chi connectivity index (χ4n) is 3.99. The van der Waals surface area contributed by atoms with Crippen molar-refractivity contribution in [2.45, 2.75) is 31.4 Å². The summed E-state index contributed by atoms with van der Waals surface area (Å²) in [5.74, 6) is 0.0843. The van der Waals surface area contributed by atoms with Gasteiger partial charge in [-0.15, -0.1) is 0 Å². The Balaban J connectivity index is 1.26. The molecule has 0 unspecified atom stereocenters. The van der Waals surface area contributed by atoms with Gasteiger partial charge in [-0.3, -0.25) is 4.79 Å². The Kier molecular flexibility index (Phi) is 5.53. The number of piperidine rings is 1. The number of nitrogens with one attached hydrogen (secondary N) is 1. The van der Waals surface area contributed by atoms with Crippen LogP contribution in [0.2, 0.25) is 0 Å². The normalized spacial score (nSPS) is 18.1. The number of likely N-dealkylation sites (tertiary alicyclic amines) is 2. The lowest BCUT2D eigenvalue weighted by molar-refractivity contribution is -0.0816. The van der Waals surface area contributed by atoms with Gasteiger partial charge in [0.25, 0.3) is 5.91 Å². The molecule has 0 saturated carbocycles. The topological polar surface area (TPSA) is 72.9 Å². The highest BCUT2D eigenvalue weighted by molar-refractivity contribution is 5.94. The zero-order chi connectivity index (χ0) is 20.3. The van der Waals surface area contributed by atoms with Crippen LogP contribution in [0, 0.1) is 0 Å². The van der Waals surface area contributed by atoms with Crippen LogP contribution in [0.5, 0.6) is 0 Å². The number of hydrogen-bond donors (Lipinski definition) is 2. The summed E-state index contributed by atoms with van der Waals surface area (Å²) in [6.45, 7) is 2.62. The molecule has 3 amide bonds. The van der Waals surface area contributed by atoms with E-state index >= 15 is 0 Å². The third kappa shape index (κ3) is 4.27. The average Bonchev–Trinajstić information content (AvgIpc) is 2.76. The minimum absolute atomic E-state index is 0.0843. The summed E-state index contributed by atoms with van der Waals surface area (Å²) < 4.78 is 0. The van der Waals surface area contributed by atoms with Crippen LogP contribution in [-0.2, 0) is 12.1 Å². The van der Waals surface area contributed by atoms with Crippen LogP contribution in [0.25, 0.3) is 0 Å². The van der Waals surface area contributed by atoms with Crippen molar-refractivity contribution in [2.75, 3.05) is 26.2 Å². The summed E-state index contributed by atoms with van der Waals surface area (Å²) in [7, 11) is 0. The van der Waals surface area contributed by atoms with E-state index in [2.05, 4.69) is 5.32 Å². The summed E-state index contributed by atoms with van der Waals surface area (Å²) in [5.41, 5.74) is 1.50. The molecule has 2 fully saturated rings. The summed E-state index contributed by atoms with van der Waals surface area (Å²) in [4.78, 5) is 28.4. The van der Waals surface area contributed by atoms with E-state index in [0.29, 0.717) is 12.1 Å². The lowest BCUT2D eigenvalue weighted by Crippen LogP contribution is -2.63. The molecule has 2 aliphatic heterocycles. The number of hydrogen-bond acceptors (Lipinski definition) is 3. The second-order valence-electron chi connectivity index (χ2n) is 7.96. The predicted molar refractivity (Wildman–Crippen MR) is 110 cm³/mol. The molecule has 2 saturated heterocycles. The molecule has 2 N–H and O–H groups in total. The Morgan fingerprint density at radius 3 is 2.21 bits per heavy atom. The fraction of sp³-hybridized carbons (Fsp3) is 0.391. The van der Waals surface area contributed by atoms with E-state index in [-0.39, 0.29) is 25.0 Å². The Morgan fingerprint density at radius 1 is 0.897 bits per heavy atom. The molecule has 2 aromatic rings. The largest absolute Gasteiger partial charge is 0.381 e. The van der Waals surface area contributed by atoms with E-state index in [1.165, 1.54) is 6.42 Å². The Bertz CT molecular complexity index is 855. The molecule has 0 aromatic heterocycles. The molecule has 6 nitrogen and oxygen atoms in total. The van der Waals surface area contributed by atoms with E-state index in [9.17, 15) is 14.7 Å². The Labute approximate surface area is 171 Å². The lowest BCUT2D eigenvalue weighted by atomic mass is 9.86. The quantitative estimate of drug-likeness (QED) is 0.839. The van der Waals surface area contributed by atoms with Gasteiger partial charge in [-0.1, -0.05) is 42.5 Å². The molecule has 0 bridgehead atoms. The van der Waals surface area contributed by atoms with Crippen molar-refractivity contribution in [2.24, 2.45) is 0 Å². The molecule has 4 rings (SSSR count). The molecule has 2 aliphatic rings. The van der Waals surface area contributed by atoms with Crippen LogP contribution < -0.4 is 5.32 Å². The van der Waals surface area contributed by atoms with Gasteiger partial charge in [0, 0.05) is 25.2 Å². The van der Waals surface area contributed by atoms with Gasteiger partial charge in [-0.05, 0) is 42.5 Å². The molecule has 2 aromatic carbocycles. The molecule has 2 heterocycles. The number of benzene rings is 2. The van der Waals surface area contributed by atoms with Gasteiger partial charge in [-0.2, -0.15) is 0 Å². The van der Waals surface area contributed by atoms with Crippen LogP contribution in [0.15, 0.2) is 54.6 Å². The number of β-amino-alcohol motifs (C(OH)–C–C–N with tert-alkyl or cyclic N) is 1. The summed E-state index contributed by atoms with van der Waals surface area (Å²) in [6, 6.07) is 16.7. The van der Waals surface area contributed by atoms with Crippen LogP contribution in [0.4, 0.5) is 4.79 Å². The molecule has 0 aliphatic carbocycles. The first-order chi connectivity index (χ1) is 14.0. The van der Waals surface area contributed by atoms with Gasteiger partial charge in [0.05, 0.1) is 13.1 Å². The standard InChI is InChI=1S/C23H27N3O3/c27-21(25-13-5-2-6-14-25)19-11-9-18(10-12-19)15-24-22(28)26-16-23(29,17-26)20-7-3-1-4-8-20/h1,3-4,7-12,29H,2,5-6,13-17H2,(H,24,28). The molecule has 152 valence electrons. The zero-order valence-corrected chi connectivity index (χ0v) is 16.5. The smallest absolute Gasteiger partial charge is 0.317 e. The highest BCUT2D eigenvalue weighted by atomic mass is 16.3. The highest BCUT2D eigenvalue weighted by Gasteiger charge is 2.44. The van der Waals surface area contributed by atoms with Crippen molar-refractivity contribution in [3.8, 4) is 0 Å². The maximum atomic E-state index is 12.5. The number of carbonyl (C=O) groups is 2. The summed E-state index contributed by atoms with van der Waals surface area (Å²) in [5, 5.41) is 13.5. The molecular formula is C23H27N3O3. The van der Waals surface area contributed by atoms with Gasteiger partial charge < -0.3 is 20.2 Å². The SMILES string of the molecule is O=C(NCc1ccc(C(=O)N2CCCCC2)cc1)N1CC(O)(c2ccccc2)C1. The number of urea groups is 1. The monoisotopic (exact) mass is 393 g/mol. The van der Waals surface area contributed by atoms with Gasteiger partial charge in [0.2, 0.25) is 0 Å². The first kappa shape index (κ1) is 19.5. The number of carbonyl (C=O) groups excluding carboxylic acids is 2. The minimum atomic E-state index is -0.963. The molecule has 0 radical (unpaired) electrons. The van der Waals surface area contributed by atoms with E-state index in [1.54, 1.807) is 4.90 Å². The van der Waals surface area contributed by atoms with Crippen LogP contribution >= 0.6 is 0 Å². The number of aliphatic hydroxyl groups is 1. The van der Waals surface area contributed by atoms with E-state index in [0.717, 1.165) is 37.1 Å². The van der Waals surface area contributed by atoms with Crippen LogP contribution in [0.3, 0.4) is 0 Å². The first-order valence-corrected chi connectivity index (χ1v) is 10.2. The Hall–Kier alpha value is -2.86. The van der Waals surface area contributed by atoms with E-state index in [1.807, 2.05) is 59.5 Å². The molecule has 29 heavy (non-hydrogen) atoms. The highest BCUT2D eigenvalue weighted by Crippen LogP contribution is 2.31. The third-order valence-electron chi connectivity index (χ3n) is 5.79.